The van der Waals surface area contributed by atoms with Crippen molar-refractivity contribution in [1.29, 1.82) is 0 Å². The highest BCUT2D eigenvalue weighted by molar-refractivity contribution is 6.03. The molecule has 1 atom stereocenters. The average molecular weight is 231 g/mol. The van der Waals surface area contributed by atoms with Crippen molar-refractivity contribution in [3.63, 3.8) is 0 Å². The van der Waals surface area contributed by atoms with Crippen LogP contribution in [0.1, 0.15) is 25.3 Å². The van der Waals surface area contributed by atoms with E-state index in [2.05, 4.69) is 12.1 Å². The van der Waals surface area contributed by atoms with Gasteiger partial charge in [0.2, 0.25) is 11.8 Å². The first-order valence-corrected chi connectivity index (χ1v) is 6.06. The molecule has 1 saturated heterocycles. The third kappa shape index (κ3) is 2.73. The fraction of sp³-hybridized carbons (Fsp3) is 0.429. The predicted octanol–water partition coefficient (Wildman–Crippen LogP) is 2.01. The second-order valence-corrected chi connectivity index (χ2v) is 4.58. The molecule has 0 spiro atoms. The van der Waals surface area contributed by atoms with Crippen molar-refractivity contribution in [2.24, 2.45) is 5.92 Å². The van der Waals surface area contributed by atoms with Gasteiger partial charge in [-0.3, -0.25) is 14.5 Å². The van der Waals surface area contributed by atoms with E-state index in [0.29, 0.717) is 13.0 Å². The molecule has 1 aromatic carbocycles. The van der Waals surface area contributed by atoms with E-state index >= 15 is 0 Å². The summed E-state index contributed by atoms with van der Waals surface area (Å²) in [4.78, 5) is 24.6. The maximum absolute atomic E-state index is 11.7. The molecule has 1 aliphatic heterocycles. The van der Waals surface area contributed by atoms with Crippen molar-refractivity contribution in [2.45, 2.75) is 26.2 Å². The molecule has 0 aromatic heterocycles. The monoisotopic (exact) mass is 231 g/mol. The summed E-state index contributed by atoms with van der Waals surface area (Å²) in [6.07, 6.45) is 2.13. The van der Waals surface area contributed by atoms with Crippen molar-refractivity contribution in [1.82, 2.24) is 4.90 Å². The van der Waals surface area contributed by atoms with Crippen LogP contribution in [-0.4, -0.2) is 23.3 Å². The van der Waals surface area contributed by atoms with Gasteiger partial charge < -0.3 is 0 Å². The van der Waals surface area contributed by atoms with Gasteiger partial charge in [-0.15, -0.1) is 0 Å². The molecule has 0 N–H and O–H groups in total. The van der Waals surface area contributed by atoms with E-state index in [9.17, 15) is 9.59 Å². The Morgan fingerprint density at radius 2 is 1.94 bits per heavy atom. The summed E-state index contributed by atoms with van der Waals surface area (Å²) in [7, 11) is 0. The third-order valence-corrected chi connectivity index (χ3v) is 3.16. The molecule has 1 aromatic rings. The summed E-state index contributed by atoms with van der Waals surface area (Å²) in [6, 6.07) is 10.1. The normalized spacial score (nSPS) is 20.1. The lowest BCUT2D eigenvalue weighted by Crippen LogP contribution is -2.31. The van der Waals surface area contributed by atoms with Crippen LogP contribution in [0.3, 0.4) is 0 Å². The van der Waals surface area contributed by atoms with Crippen LogP contribution in [0, 0.1) is 5.92 Å². The van der Waals surface area contributed by atoms with Gasteiger partial charge in [0.15, 0.2) is 0 Å². The number of nitrogens with zero attached hydrogens (tertiary/aromatic N) is 1. The quantitative estimate of drug-likeness (QED) is 0.743. The first-order chi connectivity index (χ1) is 8.18. The number of imide groups is 1. The van der Waals surface area contributed by atoms with Crippen LogP contribution in [0.5, 0.6) is 0 Å². The summed E-state index contributed by atoms with van der Waals surface area (Å²) >= 11 is 0. The Hall–Kier alpha value is -1.64. The second kappa shape index (κ2) is 5.13. The van der Waals surface area contributed by atoms with E-state index in [4.69, 9.17) is 0 Å². The predicted molar refractivity (Wildman–Crippen MR) is 65.3 cm³/mol. The molecule has 90 valence electrons. The lowest BCUT2D eigenvalue weighted by atomic mass is 10.1. The van der Waals surface area contributed by atoms with Crippen LogP contribution < -0.4 is 0 Å². The van der Waals surface area contributed by atoms with E-state index in [1.54, 1.807) is 0 Å². The number of amides is 2. The zero-order valence-corrected chi connectivity index (χ0v) is 10.1. The Balaban J connectivity index is 1.83. The Bertz CT molecular complexity index is 413. The van der Waals surface area contributed by atoms with Gasteiger partial charge in [0.05, 0.1) is 0 Å². The first kappa shape index (κ1) is 11.8. The highest BCUT2D eigenvalue weighted by Crippen LogP contribution is 2.19. The van der Waals surface area contributed by atoms with Crippen molar-refractivity contribution in [3.05, 3.63) is 35.9 Å². The zero-order valence-electron chi connectivity index (χ0n) is 10.1. The van der Waals surface area contributed by atoms with Crippen LogP contribution in [0.15, 0.2) is 30.3 Å². The SMILES string of the molecule is CC1CC(=O)N(CCCc2ccccc2)C1=O. The van der Waals surface area contributed by atoms with E-state index in [-0.39, 0.29) is 17.7 Å². The molecule has 1 aliphatic rings. The second-order valence-electron chi connectivity index (χ2n) is 4.58. The van der Waals surface area contributed by atoms with Crippen LogP contribution in [0.25, 0.3) is 0 Å². The van der Waals surface area contributed by atoms with Crippen molar-refractivity contribution in [2.75, 3.05) is 6.54 Å². The van der Waals surface area contributed by atoms with E-state index < -0.39 is 0 Å². The number of carbonyl (C=O) groups excluding carboxylic acids is 2. The zero-order chi connectivity index (χ0) is 12.3. The molecule has 0 aliphatic carbocycles. The summed E-state index contributed by atoms with van der Waals surface area (Å²) in [6.45, 7) is 2.37. The van der Waals surface area contributed by atoms with Crippen LogP contribution >= 0.6 is 0 Å². The van der Waals surface area contributed by atoms with Gasteiger partial charge in [-0.1, -0.05) is 37.3 Å². The molecule has 3 nitrogen and oxygen atoms in total. The number of aryl methyl sites for hydroxylation is 1. The Kier molecular flexibility index (Phi) is 3.57. The van der Waals surface area contributed by atoms with Crippen LogP contribution in [0.4, 0.5) is 0 Å². The fourth-order valence-corrected chi connectivity index (χ4v) is 2.17. The van der Waals surface area contributed by atoms with Crippen molar-refractivity contribution < 1.29 is 9.59 Å². The first-order valence-electron chi connectivity index (χ1n) is 6.06. The summed E-state index contributed by atoms with van der Waals surface area (Å²) in [5.41, 5.74) is 1.25. The highest BCUT2D eigenvalue weighted by atomic mass is 16.2. The molecule has 0 saturated carbocycles. The largest absolute Gasteiger partial charge is 0.282 e. The van der Waals surface area contributed by atoms with Crippen molar-refractivity contribution >= 4 is 11.8 Å². The van der Waals surface area contributed by atoms with E-state index in [0.717, 1.165) is 12.8 Å². The number of carbonyl (C=O) groups is 2. The van der Waals surface area contributed by atoms with Gasteiger partial charge in [0, 0.05) is 18.9 Å². The number of hydrogen-bond acceptors (Lipinski definition) is 2. The molecule has 3 heteroatoms. The van der Waals surface area contributed by atoms with Crippen molar-refractivity contribution in [3.8, 4) is 0 Å². The van der Waals surface area contributed by atoms with Gasteiger partial charge in [0.25, 0.3) is 0 Å². The summed E-state index contributed by atoms with van der Waals surface area (Å²) in [5, 5.41) is 0. The molecule has 0 radical (unpaired) electrons. The minimum atomic E-state index is -0.126. The molecular formula is C14H17NO2. The number of benzene rings is 1. The van der Waals surface area contributed by atoms with E-state index in [1.807, 2.05) is 25.1 Å². The van der Waals surface area contributed by atoms with Gasteiger partial charge in [-0.2, -0.15) is 0 Å². The smallest absolute Gasteiger partial charge is 0.232 e. The highest BCUT2D eigenvalue weighted by Gasteiger charge is 2.34. The lowest BCUT2D eigenvalue weighted by molar-refractivity contribution is -0.139. The summed E-state index contributed by atoms with van der Waals surface area (Å²) in [5.74, 6) is -0.155. The Morgan fingerprint density at radius 3 is 2.53 bits per heavy atom. The minimum absolute atomic E-state index is 0.0111. The third-order valence-electron chi connectivity index (χ3n) is 3.16. The molecule has 1 fully saturated rings. The lowest BCUT2D eigenvalue weighted by Gasteiger charge is -2.13. The molecule has 17 heavy (non-hydrogen) atoms. The fourth-order valence-electron chi connectivity index (χ4n) is 2.17. The average Bonchev–Trinajstić information content (AvgIpc) is 2.57. The molecule has 1 heterocycles. The summed E-state index contributed by atoms with van der Waals surface area (Å²) < 4.78 is 0. The maximum Gasteiger partial charge on any atom is 0.232 e. The molecule has 2 rings (SSSR count). The Morgan fingerprint density at radius 1 is 1.24 bits per heavy atom. The standard InChI is InChI=1S/C14H17NO2/c1-11-10-13(16)15(14(11)17)9-5-8-12-6-3-2-4-7-12/h2-4,6-7,11H,5,8-10H2,1H3. The topological polar surface area (TPSA) is 37.4 Å². The van der Waals surface area contributed by atoms with Crippen LogP contribution in [0.2, 0.25) is 0 Å². The van der Waals surface area contributed by atoms with Crippen LogP contribution in [-0.2, 0) is 16.0 Å². The molecular weight excluding hydrogens is 214 g/mol. The van der Waals surface area contributed by atoms with Gasteiger partial charge >= 0.3 is 0 Å². The molecule has 1 unspecified atom stereocenters. The maximum atomic E-state index is 11.7. The number of likely N-dealkylation sites (tertiary alicyclic amines) is 1. The Labute approximate surface area is 101 Å². The molecule has 2 amide bonds. The van der Waals surface area contributed by atoms with Gasteiger partial charge in [0.1, 0.15) is 0 Å². The van der Waals surface area contributed by atoms with E-state index in [1.165, 1.54) is 10.5 Å². The number of hydrogen-bond donors (Lipinski definition) is 0. The van der Waals surface area contributed by atoms with Gasteiger partial charge in [-0.25, -0.2) is 0 Å². The van der Waals surface area contributed by atoms with Gasteiger partial charge in [-0.05, 0) is 18.4 Å². The molecule has 0 bridgehead atoms. The minimum Gasteiger partial charge on any atom is -0.282 e. The number of rotatable bonds is 4.